The van der Waals surface area contributed by atoms with E-state index in [9.17, 15) is 4.39 Å². The SMILES string of the molecule is C=CC(NCCC)c1ccc(F)c2ccccc12. The lowest BCUT2D eigenvalue weighted by molar-refractivity contribution is 0.612. The molecule has 1 nitrogen and oxygen atoms in total. The normalized spacial score (nSPS) is 12.6. The summed E-state index contributed by atoms with van der Waals surface area (Å²) < 4.78 is 13.7. The molecule has 2 aromatic rings. The van der Waals surface area contributed by atoms with E-state index in [4.69, 9.17) is 0 Å². The molecule has 0 radical (unpaired) electrons. The summed E-state index contributed by atoms with van der Waals surface area (Å²) in [5, 5.41) is 5.02. The largest absolute Gasteiger partial charge is 0.307 e. The van der Waals surface area contributed by atoms with E-state index < -0.39 is 0 Å². The number of nitrogens with one attached hydrogen (secondary N) is 1. The van der Waals surface area contributed by atoms with Gasteiger partial charge in [0.25, 0.3) is 0 Å². The molecule has 2 heteroatoms. The third kappa shape index (κ3) is 2.44. The van der Waals surface area contributed by atoms with Crippen molar-refractivity contribution in [1.82, 2.24) is 5.32 Å². The van der Waals surface area contributed by atoms with Crippen molar-refractivity contribution in [3.8, 4) is 0 Å². The molecule has 0 amide bonds. The molecule has 2 rings (SSSR count). The minimum absolute atomic E-state index is 0.0652. The summed E-state index contributed by atoms with van der Waals surface area (Å²) in [5.74, 6) is -0.173. The fraction of sp³-hybridized carbons (Fsp3) is 0.250. The van der Waals surface area contributed by atoms with E-state index in [0.29, 0.717) is 5.39 Å². The number of fused-ring (bicyclic) bond motifs is 1. The molecule has 94 valence electrons. The van der Waals surface area contributed by atoms with E-state index in [0.717, 1.165) is 23.9 Å². The van der Waals surface area contributed by atoms with Crippen LogP contribution in [0, 0.1) is 5.82 Å². The Morgan fingerprint density at radius 2 is 1.94 bits per heavy atom. The van der Waals surface area contributed by atoms with Gasteiger partial charge in [0.1, 0.15) is 5.82 Å². The lowest BCUT2D eigenvalue weighted by Crippen LogP contribution is -2.20. The van der Waals surface area contributed by atoms with Gasteiger partial charge in [-0.2, -0.15) is 0 Å². The molecule has 18 heavy (non-hydrogen) atoms. The Bertz CT molecular complexity index is 548. The van der Waals surface area contributed by atoms with E-state index in [-0.39, 0.29) is 11.9 Å². The molecule has 0 fully saturated rings. The van der Waals surface area contributed by atoms with Crippen molar-refractivity contribution in [1.29, 1.82) is 0 Å². The minimum atomic E-state index is -0.173. The zero-order chi connectivity index (χ0) is 13.0. The smallest absolute Gasteiger partial charge is 0.131 e. The Morgan fingerprint density at radius 1 is 1.22 bits per heavy atom. The highest BCUT2D eigenvalue weighted by Crippen LogP contribution is 2.27. The van der Waals surface area contributed by atoms with Gasteiger partial charge in [-0.25, -0.2) is 4.39 Å². The number of rotatable bonds is 5. The maximum absolute atomic E-state index is 13.7. The maximum atomic E-state index is 13.7. The van der Waals surface area contributed by atoms with Gasteiger partial charge in [0, 0.05) is 5.39 Å². The lowest BCUT2D eigenvalue weighted by atomic mass is 9.98. The van der Waals surface area contributed by atoms with Crippen LogP contribution in [0.4, 0.5) is 4.39 Å². The second-order valence-electron chi connectivity index (χ2n) is 4.35. The maximum Gasteiger partial charge on any atom is 0.131 e. The first-order valence-corrected chi connectivity index (χ1v) is 6.31. The molecule has 0 aliphatic heterocycles. The fourth-order valence-corrected chi connectivity index (χ4v) is 2.18. The van der Waals surface area contributed by atoms with Crippen molar-refractivity contribution in [3.63, 3.8) is 0 Å². The van der Waals surface area contributed by atoms with Crippen LogP contribution in [0.25, 0.3) is 10.8 Å². The van der Waals surface area contributed by atoms with Gasteiger partial charge in [-0.3, -0.25) is 0 Å². The minimum Gasteiger partial charge on any atom is -0.307 e. The number of benzene rings is 2. The summed E-state index contributed by atoms with van der Waals surface area (Å²) in [5.41, 5.74) is 1.08. The van der Waals surface area contributed by atoms with Crippen molar-refractivity contribution in [2.45, 2.75) is 19.4 Å². The van der Waals surface area contributed by atoms with Gasteiger partial charge < -0.3 is 5.32 Å². The Balaban J connectivity index is 2.49. The fourth-order valence-electron chi connectivity index (χ4n) is 2.18. The molecule has 1 N–H and O–H groups in total. The van der Waals surface area contributed by atoms with Crippen molar-refractivity contribution < 1.29 is 4.39 Å². The molecule has 1 atom stereocenters. The van der Waals surface area contributed by atoms with Crippen LogP contribution in [0.1, 0.15) is 24.9 Å². The first-order valence-electron chi connectivity index (χ1n) is 6.31. The predicted octanol–water partition coefficient (Wildman–Crippen LogP) is 4.21. The third-order valence-corrected chi connectivity index (χ3v) is 3.09. The van der Waals surface area contributed by atoms with Crippen LogP contribution in [0.5, 0.6) is 0 Å². The summed E-state index contributed by atoms with van der Waals surface area (Å²) in [6.45, 7) is 6.90. The van der Waals surface area contributed by atoms with E-state index >= 15 is 0 Å². The predicted molar refractivity (Wildman–Crippen MR) is 75.1 cm³/mol. The monoisotopic (exact) mass is 243 g/mol. The van der Waals surface area contributed by atoms with Crippen LogP contribution in [-0.2, 0) is 0 Å². The molecule has 0 bridgehead atoms. The highest BCUT2D eigenvalue weighted by atomic mass is 19.1. The number of hydrogen-bond donors (Lipinski definition) is 1. The molecule has 0 aliphatic rings. The Morgan fingerprint density at radius 3 is 2.61 bits per heavy atom. The zero-order valence-electron chi connectivity index (χ0n) is 10.6. The quantitative estimate of drug-likeness (QED) is 0.776. The number of halogens is 1. The Labute approximate surface area is 107 Å². The van der Waals surface area contributed by atoms with Crippen molar-refractivity contribution in [3.05, 3.63) is 60.4 Å². The van der Waals surface area contributed by atoms with Crippen molar-refractivity contribution in [2.24, 2.45) is 0 Å². The summed E-state index contributed by atoms with van der Waals surface area (Å²) in [4.78, 5) is 0. The van der Waals surface area contributed by atoms with Crippen LogP contribution < -0.4 is 5.32 Å². The summed E-state index contributed by atoms with van der Waals surface area (Å²) in [6.07, 6.45) is 2.93. The van der Waals surface area contributed by atoms with Gasteiger partial charge in [-0.15, -0.1) is 6.58 Å². The molecule has 1 unspecified atom stereocenters. The van der Waals surface area contributed by atoms with Gasteiger partial charge in [0.15, 0.2) is 0 Å². The molecule has 2 aromatic carbocycles. The van der Waals surface area contributed by atoms with Gasteiger partial charge in [-0.05, 0) is 30.0 Å². The van der Waals surface area contributed by atoms with Crippen molar-refractivity contribution in [2.75, 3.05) is 6.54 Å². The third-order valence-electron chi connectivity index (χ3n) is 3.09. The first-order chi connectivity index (χ1) is 8.77. The van der Waals surface area contributed by atoms with Crippen LogP contribution in [0.15, 0.2) is 49.1 Å². The van der Waals surface area contributed by atoms with Crippen LogP contribution in [0.2, 0.25) is 0 Å². The summed E-state index contributed by atoms with van der Waals surface area (Å²) in [6, 6.07) is 11.0. The van der Waals surface area contributed by atoms with E-state index in [1.165, 1.54) is 6.07 Å². The van der Waals surface area contributed by atoms with Gasteiger partial charge in [0.05, 0.1) is 6.04 Å². The van der Waals surface area contributed by atoms with Gasteiger partial charge in [-0.1, -0.05) is 43.3 Å². The van der Waals surface area contributed by atoms with E-state index in [1.807, 2.05) is 36.4 Å². The van der Waals surface area contributed by atoms with Crippen molar-refractivity contribution >= 4 is 10.8 Å². The lowest BCUT2D eigenvalue weighted by Gasteiger charge is -2.17. The average Bonchev–Trinajstić information content (AvgIpc) is 2.42. The first kappa shape index (κ1) is 12.8. The molecule has 0 saturated heterocycles. The molecule has 0 aromatic heterocycles. The Hall–Kier alpha value is -1.67. The van der Waals surface area contributed by atoms with E-state index in [1.54, 1.807) is 0 Å². The molecule has 0 aliphatic carbocycles. The second-order valence-corrected chi connectivity index (χ2v) is 4.35. The number of hydrogen-bond acceptors (Lipinski definition) is 1. The van der Waals surface area contributed by atoms with Crippen LogP contribution >= 0.6 is 0 Å². The zero-order valence-corrected chi connectivity index (χ0v) is 10.6. The highest BCUT2D eigenvalue weighted by molar-refractivity contribution is 5.86. The summed E-state index contributed by atoms with van der Waals surface area (Å²) >= 11 is 0. The molecular formula is C16H18FN. The standard InChI is InChI=1S/C16H18FN/c1-3-11-18-16(4-2)14-9-10-15(17)13-8-6-5-7-12(13)14/h4-10,16,18H,2-3,11H2,1H3. The van der Waals surface area contributed by atoms with E-state index in [2.05, 4.69) is 18.8 Å². The van der Waals surface area contributed by atoms with Gasteiger partial charge >= 0.3 is 0 Å². The molecular weight excluding hydrogens is 225 g/mol. The topological polar surface area (TPSA) is 12.0 Å². The highest BCUT2D eigenvalue weighted by Gasteiger charge is 2.11. The second kappa shape index (κ2) is 5.78. The Kier molecular flexibility index (Phi) is 4.11. The van der Waals surface area contributed by atoms with Crippen LogP contribution in [0.3, 0.4) is 0 Å². The molecule has 0 heterocycles. The van der Waals surface area contributed by atoms with Gasteiger partial charge in [0.2, 0.25) is 0 Å². The molecule has 0 spiro atoms. The average molecular weight is 243 g/mol. The summed E-state index contributed by atoms with van der Waals surface area (Å²) in [7, 11) is 0. The molecule has 0 saturated carbocycles. The van der Waals surface area contributed by atoms with Crippen LogP contribution in [-0.4, -0.2) is 6.54 Å².